The largest absolute Gasteiger partial charge is 0.461 e. The lowest BCUT2D eigenvalue weighted by molar-refractivity contribution is -0.384. The number of nitro benzene ring substituents is 1. The zero-order chi connectivity index (χ0) is 16.5. The Morgan fingerprint density at radius 3 is 2.73 bits per heavy atom. The summed E-state index contributed by atoms with van der Waals surface area (Å²) in [5.74, 6) is -0.721. The maximum absolute atomic E-state index is 12.1. The van der Waals surface area contributed by atoms with Gasteiger partial charge in [-0.25, -0.2) is 0 Å². The first-order valence-electron chi connectivity index (χ1n) is 6.66. The van der Waals surface area contributed by atoms with Gasteiger partial charge in [0.05, 0.1) is 10.8 Å². The highest BCUT2D eigenvalue weighted by Gasteiger charge is 2.61. The van der Waals surface area contributed by atoms with Gasteiger partial charge in [-0.15, -0.1) is 0 Å². The summed E-state index contributed by atoms with van der Waals surface area (Å²) >= 11 is 11.3. The molecule has 0 spiro atoms. The number of carbonyl (C=O) groups excluding carboxylic acids is 1. The Kier molecular flexibility index (Phi) is 4.78. The van der Waals surface area contributed by atoms with Crippen LogP contribution in [0, 0.1) is 27.4 Å². The molecule has 1 aromatic rings. The predicted octanol–water partition coefficient (Wildman–Crippen LogP) is 4.23. The molecule has 0 saturated heterocycles. The number of esters is 1. The number of allylic oxidation sites excluding steroid dienone is 1. The molecule has 0 radical (unpaired) electrons. The van der Waals surface area contributed by atoms with Gasteiger partial charge in [0.1, 0.15) is 11.1 Å². The van der Waals surface area contributed by atoms with Crippen LogP contribution >= 0.6 is 23.2 Å². The molecular weight excluding hydrogens is 329 g/mol. The highest BCUT2D eigenvalue weighted by atomic mass is 35.5. The van der Waals surface area contributed by atoms with Crippen molar-refractivity contribution in [3.63, 3.8) is 0 Å². The Hall–Kier alpha value is -1.59. The van der Waals surface area contributed by atoms with E-state index in [9.17, 15) is 14.9 Å². The second kappa shape index (κ2) is 6.26. The minimum Gasteiger partial charge on any atom is -0.461 e. The van der Waals surface area contributed by atoms with Gasteiger partial charge in [0.15, 0.2) is 0 Å². The van der Waals surface area contributed by atoms with Crippen molar-refractivity contribution in [3.05, 3.63) is 50.5 Å². The lowest BCUT2D eigenvalue weighted by Crippen LogP contribution is -2.10. The van der Waals surface area contributed by atoms with E-state index < -0.39 is 4.92 Å². The Balaban J connectivity index is 1.98. The molecule has 2 atom stereocenters. The molecule has 0 unspecified atom stereocenters. The number of halogens is 2. The zero-order valence-electron chi connectivity index (χ0n) is 12.1. The summed E-state index contributed by atoms with van der Waals surface area (Å²) in [6, 6.07) is 6.00. The van der Waals surface area contributed by atoms with E-state index in [0.717, 1.165) is 0 Å². The molecule has 2 rings (SSSR count). The maximum atomic E-state index is 12.1. The molecule has 0 amide bonds. The summed E-state index contributed by atoms with van der Waals surface area (Å²) < 4.78 is 5.39. The van der Waals surface area contributed by atoms with Crippen molar-refractivity contribution in [2.24, 2.45) is 17.3 Å². The third-order valence-electron chi connectivity index (χ3n) is 3.97. The lowest BCUT2D eigenvalue weighted by Gasteiger charge is -2.05. The second-order valence-corrected chi connectivity index (χ2v) is 6.82. The van der Waals surface area contributed by atoms with Crippen molar-refractivity contribution in [1.82, 2.24) is 0 Å². The molecular formula is C15H15Cl2NO4. The summed E-state index contributed by atoms with van der Waals surface area (Å²) in [6.45, 7) is 3.87. The fourth-order valence-corrected chi connectivity index (χ4v) is 2.85. The SMILES string of the molecule is CC1(C)[C@@H](C=C(Cl)Cl)[C@@H]1C(=O)OCc1cccc([N+](=O)[O-])c1. The molecule has 1 fully saturated rings. The van der Waals surface area contributed by atoms with Crippen LogP contribution in [0.5, 0.6) is 0 Å². The zero-order valence-corrected chi connectivity index (χ0v) is 13.6. The van der Waals surface area contributed by atoms with Gasteiger partial charge in [-0.1, -0.05) is 49.2 Å². The van der Waals surface area contributed by atoms with Crippen LogP contribution in [-0.4, -0.2) is 10.9 Å². The predicted molar refractivity (Wildman–Crippen MR) is 83.4 cm³/mol. The van der Waals surface area contributed by atoms with Crippen LogP contribution in [0.4, 0.5) is 5.69 Å². The topological polar surface area (TPSA) is 69.4 Å². The molecule has 118 valence electrons. The van der Waals surface area contributed by atoms with E-state index in [2.05, 4.69) is 0 Å². The highest BCUT2D eigenvalue weighted by molar-refractivity contribution is 6.55. The van der Waals surface area contributed by atoms with Crippen LogP contribution in [-0.2, 0) is 16.1 Å². The normalized spacial score (nSPS) is 21.8. The highest BCUT2D eigenvalue weighted by Crippen LogP contribution is 2.60. The molecule has 0 heterocycles. The Labute approximate surface area is 138 Å². The Morgan fingerprint density at radius 2 is 2.14 bits per heavy atom. The van der Waals surface area contributed by atoms with Crippen molar-refractivity contribution in [2.75, 3.05) is 0 Å². The number of hydrogen-bond acceptors (Lipinski definition) is 4. The smallest absolute Gasteiger partial charge is 0.310 e. The average molecular weight is 344 g/mol. The van der Waals surface area contributed by atoms with Crippen LogP contribution in [0.15, 0.2) is 34.8 Å². The Bertz CT molecular complexity index is 638. The lowest BCUT2D eigenvalue weighted by atomic mass is 10.1. The monoisotopic (exact) mass is 343 g/mol. The van der Waals surface area contributed by atoms with Crippen molar-refractivity contribution in [1.29, 1.82) is 0 Å². The van der Waals surface area contributed by atoms with Crippen LogP contribution in [0.25, 0.3) is 0 Å². The van der Waals surface area contributed by atoms with Crippen LogP contribution < -0.4 is 0 Å². The van der Waals surface area contributed by atoms with Crippen molar-refractivity contribution < 1.29 is 14.5 Å². The molecule has 22 heavy (non-hydrogen) atoms. The fraction of sp³-hybridized carbons (Fsp3) is 0.400. The maximum Gasteiger partial charge on any atom is 0.310 e. The van der Waals surface area contributed by atoms with E-state index in [4.69, 9.17) is 27.9 Å². The summed E-state index contributed by atoms with van der Waals surface area (Å²) in [5.41, 5.74) is 0.285. The number of rotatable bonds is 5. The van der Waals surface area contributed by atoms with Crippen LogP contribution in [0.3, 0.4) is 0 Å². The van der Waals surface area contributed by atoms with Crippen molar-refractivity contribution in [2.45, 2.75) is 20.5 Å². The van der Waals surface area contributed by atoms with E-state index in [0.29, 0.717) is 5.56 Å². The van der Waals surface area contributed by atoms with E-state index in [1.54, 1.807) is 18.2 Å². The molecule has 5 nitrogen and oxygen atoms in total. The first kappa shape index (κ1) is 16.8. The number of nitrogens with zero attached hydrogens (tertiary/aromatic N) is 1. The van der Waals surface area contributed by atoms with Gasteiger partial charge in [0.25, 0.3) is 5.69 Å². The molecule has 0 bridgehead atoms. The van der Waals surface area contributed by atoms with E-state index in [1.165, 1.54) is 12.1 Å². The van der Waals surface area contributed by atoms with E-state index >= 15 is 0 Å². The summed E-state index contributed by atoms with van der Waals surface area (Å²) in [5, 5.41) is 10.7. The number of hydrogen-bond donors (Lipinski definition) is 0. The fourth-order valence-electron chi connectivity index (χ4n) is 2.58. The molecule has 0 aromatic heterocycles. The molecule has 7 heteroatoms. The number of nitro groups is 1. The average Bonchev–Trinajstić information content (AvgIpc) is 2.96. The molecule has 1 saturated carbocycles. The standard InChI is InChI=1S/C15H15Cl2NO4/c1-15(2)11(7-12(16)17)13(15)14(19)22-8-9-4-3-5-10(6-9)18(20)21/h3-7,11,13H,8H2,1-2H3/t11-,13+/m0/s1. The van der Waals surface area contributed by atoms with Crippen molar-refractivity contribution in [3.8, 4) is 0 Å². The van der Waals surface area contributed by atoms with Gasteiger partial charge < -0.3 is 4.74 Å². The molecule has 1 aliphatic carbocycles. The third-order valence-corrected chi connectivity index (χ3v) is 4.22. The van der Waals surface area contributed by atoms with Crippen LogP contribution in [0.1, 0.15) is 19.4 Å². The third kappa shape index (κ3) is 3.59. The second-order valence-electron chi connectivity index (χ2n) is 5.82. The van der Waals surface area contributed by atoms with Gasteiger partial charge in [-0.3, -0.25) is 14.9 Å². The number of benzene rings is 1. The van der Waals surface area contributed by atoms with Gasteiger partial charge in [0, 0.05) is 12.1 Å². The number of carbonyl (C=O) groups is 1. The molecule has 0 aliphatic heterocycles. The summed E-state index contributed by atoms with van der Waals surface area (Å²) in [7, 11) is 0. The minimum atomic E-state index is -0.487. The van der Waals surface area contributed by atoms with Crippen molar-refractivity contribution >= 4 is 34.9 Å². The summed E-state index contributed by atoms with van der Waals surface area (Å²) in [4.78, 5) is 22.4. The first-order chi connectivity index (χ1) is 10.2. The minimum absolute atomic E-state index is 0.00185. The molecule has 0 N–H and O–H groups in total. The number of non-ortho nitro benzene ring substituents is 1. The molecule has 1 aromatic carbocycles. The van der Waals surface area contributed by atoms with Gasteiger partial charge in [-0.05, 0) is 23.0 Å². The Morgan fingerprint density at radius 1 is 1.45 bits per heavy atom. The quantitative estimate of drug-likeness (QED) is 0.455. The van der Waals surface area contributed by atoms with Crippen LogP contribution in [0.2, 0.25) is 0 Å². The number of ether oxygens (including phenoxy) is 1. The van der Waals surface area contributed by atoms with Gasteiger partial charge in [0.2, 0.25) is 0 Å². The summed E-state index contributed by atoms with van der Waals surface area (Å²) in [6.07, 6.45) is 1.64. The van der Waals surface area contributed by atoms with Gasteiger partial charge >= 0.3 is 5.97 Å². The van der Waals surface area contributed by atoms with Gasteiger partial charge in [-0.2, -0.15) is 0 Å². The van der Waals surface area contributed by atoms with E-state index in [1.807, 2.05) is 13.8 Å². The molecule has 1 aliphatic rings. The van der Waals surface area contributed by atoms with E-state index in [-0.39, 0.29) is 40.0 Å². The first-order valence-corrected chi connectivity index (χ1v) is 7.42.